The molecular formula is C80H135NO8. The molecule has 0 fully saturated rings. The summed E-state index contributed by atoms with van der Waals surface area (Å²) in [4.78, 5) is 37.5. The van der Waals surface area contributed by atoms with E-state index >= 15 is 0 Å². The molecular weight excluding hydrogens is 1100 g/mol. The molecule has 2 unspecified atom stereocenters. The highest BCUT2D eigenvalue weighted by atomic mass is 16.7. The van der Waals surface area contributed by atoms with Gasteiger partial charge in [0.25, 0.3) is 0 Å². The molecule has 0 aromatic rings. The molecule has 0 saturated heterocycles. The fraction of sp³-hybridized carbons (Fsp3) is 0.688. The predicted octanol–water partition coefficient (Wildman–Crippen LogP) is 21.6. The van der Waals surface area contributed by atoms with Crippen LogP contribution in [0.15, 0.2) is 134 Å². The molecule has 0 aromatic heterocycles. The molecule has 89 heavy (non-hydrogen) atoms. The van der Waals surface area contributed by atoms with Gasteiger partial charge in [0.15, 0.2) is 12.4 Å². The number of quaternary nitrogens is 1. The Hall–Kier alpha value is -4.57. The lowest BCUT2D eigenvalue weighted by atomic mass is 10.0. The number of likely N-dealkylation sites (N-methyl/N-ethyl adjacent to an activating group) is 1. The number of carboxylic acids is 1. The SMILES string of the molecule is CC/C=C\C/C=C\C/C=C\C/C=C\C/C=C\C/C=C\C/C=C\C/C=C\C/C=C\C/C=C\CCCCCCCCC(=O)OC(COC(=O)CCCCCCCCCCCCCCCCC/C=C\CCCCCCCCCC)COC(OCC[N+](C)(C)C)C(=O)[O-]. The van der Waals surface area contributed by atoms with Gasteiger partial charge in [0.05, 0.1) is 40.3 Å². The van der Waals surface area contributed by atoms with Crippen molar-refractivity contribution in [2.24, 2.45) is 0 Å². The first kappa shape index (κ1) is 84.4. The zero-order chi connectivity index (χ0) is 64.7. The lowest BCUT2D eigenvalue weighted by Crippen LogP contribution is -2.44. The number of hydrogen-bond acceptors (Lipinski definition) is 8. The molecule has 0 aliphatic heterocycles. The van der Waals surface area contributed by atoms with E-state index in [9.17, 15) is 19.5 Å². The van der Waals surface area contributed by atoms with E-state index in [4.69, 9.17) is 18.9 Å². The Bertz CT molecular complexity index is 1930. The molecule has 0 saturated carbocycles. The van der Waals surface area contributed by atoms with Gasteiger partial charge in [0.2, 0.25) is 0 Å². The third kappa shape index (κ3) is 70.7. The van der Waals surface area contributed by atoms with Gasteiger partial charge in [0, 0.05) is 12.8 Å². The maximum Gasteiger partial charge on any atom is 0.306 e. The summed E-state index contributed by atoms with van der Waals surface area (Å²) in [6.07, 6.45) is 96.8. The second-order valence-corrected chi connectivity index (χ2v) is 25.1. The lowest BCUT2D eigenvalue weighted by Gasteiger charge is -2.26. The Morgan fingerprint density at radius 3 is 0.966 bits per heavy atom. The summed E-state index contributed by atoms with van der Waals surface area (Å²) < 4.78 is 22.8. The number of allylic oxidation sites excluding steroid dienone is 22. The minimum absolute atomic E-state index is 0.139. The molecule has 0 rings (SSSR count). The van der Waals surface area contributed by atoms with Gasteiger partial charge in [0.1, 0.15) is 13.2 Å². The van der Waals surface area contributed by atoms with Crippen LogP contribution in [-0.4, -0.2) is 82.3 Å². The minimum Gasteiger partial charge on any atom is -0.545 e. The molecule has 0 heterocycles. The molecule has 508 valence electrons. The first-order chi connectivity index (χ1) is 43.6. The number of nitrogens with zero attached hydrogens (tertiary/aromatic N) is 1. The van der Waals surface area contributed by atoms with E-state index in [1.807, 2.05) is 21.1 Å². The zero-order valence-corrected chi connectivity index (χ0v) is 58.0. The highest BCUT2D eigenvalue weighted by Crippen LogP contribution is 2.17. The van der Waals surface area contributed by atoms with Crippen molar-refractivity contribution in [3.8, 4) is 0 Å². The number of carbonyl (C=O) groups excluding carboxylic acids is 3. The molecule has 2 atom stereocenters. The Morgan fingerprint density at radius 1 is 0.348 bits per heavy atom. The second kappa shape index (κ2) is 69.3. The van der Waals surface area contributed by atoms with Crippen molar-refractivity contribution in [2.45, 2.75) is 309 Å². The topological polar surface area (TPSA) is 111 Å². The zero-order valence-electron chi connectivity index (χ0n) is 58.0. The van der Waals surface area contributed by atoms with Gasteiger partial charge in [-0.1, -0.05) is 302 Å². The number of rotatable bonds is 66. The Kier molecular flexibility index (Phi) is 65.8. The van der Waals surface area contributed by atoms with E-state index < -0.39 is 24.3 Å². The van der Waals surface area contributed by atoms with E-state index in [-0.39, 0.29) is 38.6 Å². The van der Waals surface area contributed by atoms with Crippen LogP contribution in [0.1, 0.15) is 296 Å². The maximum atomic E-state index is 12.9. The smallest absolute Gasteiger partial charge is 0.306 e. The molecule has 0 aromatic carbocycles. The maximum absolute atomic E-state index is 12.9. The van der Waals surface area contributed by atoms with Crippen LogP contribution in [0.4, 0.5) is 0 Å². The number of ether oxygens (including phenoxy) is 4. The average Bonchev–Trinajstić information content (AvgIpc) is 3.70. The third-order valence-corrected chi connectivity index (χ3v) is 15.4. The van der Waals surface area contributed by atoms with Gasteiger partial charge in [-0.25, -0.2) is 0 Å². The summed E-state index contributed by atoms with van der Waals surface area (Å²) in [5.74, 6) is -2.30. The van der Waals surface area contributed by atoms with E-state index in [0.29, 0.717) is 17.4 Å². The summed E-state index contributed by atoms with van der Waals surface area (Å²) in [7, 11) is 5.92. The van der Waals surface area contributed by atoms with Crippen LogP contribution in [-0.2, 0) is 33.3 Å². The number of hydrogen-bond donors (Lipinski definition) is 0. The molecule has 0 amide bonds. The van der Waals surface area contributed by atoms with Crippen molar-refractivity contribution < 1.29 is 42.9 Å². The standard InChI is InChI=1S/C80H135NO8/c1-6-8-10-12-14-16-18-20-22-24-26-28-30-32-34-35-36-37-38-39-40-41-42-43-45-47-49-51-53-55-57-59-61-63-65-67-69-71-78(83)89-76(75-88-80(79(84)85)86-73-72-81(3,4)5)74-87-77(82)70-68-66-64-62-60-58-56-54-52-50-48-46-44-33-31-29-27-25-23-21-19-17-15-13-11-9-7-2/h8,10,14,16,20,22,25-28,32,34,36-37,39-40,42-43,47,49,53,55,76,80H,6-7,9,11-13,15,17-19,21,23-24,29-31,33,35,38,41,44-46,48,50-52,54,56-75H2,1-5H3/b10-8-,16-14-,22-20-,27-25-,28-26-,34-32-,37-36-,40-39-,43-42-,49-47-,55-53-. The molecule has 0 N–H and O–H groups in total. The quantitative estimate of drug-likeness (QED) is 0.0195. The van der Waals surface area contributed by atoms with Crippen LogP contribution >= 0.6 is 0 Å². The van der Waals surface area contributed by atoms with Crippen molar-refractivity contribution in [3.05, 3.63) is 134 Å². The molecule has 0 aliphatic carbocycles. The van der Waals surface area contributed by atoms with E-state index in [2.05, 4.69) is 148 Å². The minimum atomic E-state index is -1.63. The number of carboxylic acid groups (broad SMARTS) is 1. The highest BCUT2D eigenvalue weighted by molar-refractivity contribution is 5.70. The molecule has 9 nitrogen and oxygen atoms in total. The predicted molar refractivity (Wildman–Crippen MR) is 379 cm³/mol. The van der Waals surface area contributed by atoms with Crippen LogP contribution in [0.3, 0.4) is 0 Å². The van der Waals surface area contributed by atoms with Gasteiger partial charge >= 0.3 is 11.9 Å². The fourth-order valence-electron chi connectivity index (χ4n) is 9.86. The number of esters is 2. The van der Waals surface area contributed by atoms with E-state index in [1.165, 1.54) is 141 Å². The monoisotopic (exact) mass is 1240 g/mol. The summed E-state index contributed by atoms with van der Waals surface area (Å²) in [5, 5.41) is 11.8. The lowest BCUT2D eigenvalue weighted by molar-refractivity contribution is -0.870. The molecule has 9 heteroatoms. The Balaban J connectivity index is 4.19. The van der Waals surface area contributed by atoms with Crippen LogP contribution < -0.4 is 5.11 Å². The van der Waals surface area contributed by atoms with Gasteiger partial charge < -0.3 is 33.3 Å². The Morgan fingerprint density at radius 2 is 0.640 bits per heavy atom. The van der Waals surface area contributed by atoms with Crippen molar-refractivity contribution in [1.29, 1.82) is 0 Å². The second-order valence-electron chi connectivity index (χ2n) is 25.1. The molecule has 0 bridgehead atoms. The van der Waals surface area contributed by atoms with Crippen molar-refractivity contribution in [1.82, 2.24) is 0 Å². The van der Waals surface area contributed by atoms with E-state index in [0.717, 1.165) is 122 Å². The summed E-state index contributed by atoms with van der Waals surface area (Å²) in [6.45, 7) is 4.63. The van der Waals surface area contributed by atoms with Crippen molar-refractivity contribution >= 4 is 17.9 Å². The van der Waals surface area contributed by atoms with Crippen LogP contribution in [0.25, 0.3) is 0 Å². The third-order valence-electron chi connectivity index (χ3n) is 15.4. The Labute approximate surface area is 548 Å². The number of aliphatic carboxylic acids is 1. The van der Waals surface area contributed by atoms with Crippen LogP contribution in [0.2, 0.25) is 0 Å². The van der Waals surface area contributed by atoms with Crippen molar-refractivity contribution in [3.63, 3.8) is 0 Å². The first-order valence-electron chi connectivity index (χ1n) is 36.3. The molecule has 0 aliphatic rings. The fourth-order valence-corrected chi connectivity index (χ4v) is 9.86. The summed E-state index contributed by atoms with van der Waals surface area (Å²) in [5.41, 5.74) is 0. The molecule has 0 spiro atoms. The van der Waals surface area contributed by atoms with Gasteiger partial charge in [-0.15, -0.1) is 0 Å². The first-order valence-corrected chi connectivity index (χ1v) is 36.3. The number of carbonyl (C=O) groups is 3. The summed E-state index contributed by atoms with van der Waals surface area (Å²) >= 11 is 0. The highest BCUT2D eigenvalue weighted by Gasteiger charge is 2.22. The van der Waals surface area contributed by atoms with Gasteiger partial charge in [-0.3, -0.25) is 9.59 Å². The van der Waals surface area contributed by atoms with Gasteiger partial charge in [-0.2, -0.15) is 0 Å². The summed E-state index contributed by atoms with van der Waals surface area (Å²) in [6, 6.07) is 0. The van der Waals surface area contributed by atoms with E-state index in [1.54, 1.807) is 0 Å². The van der Waals surface area contributed by atoms with Crippen LogP contribution in [0, 0.1) is 0 Å². The molecule has 0 radical (unpaired) electrons. The normalized spacial score (nSPS) is 13.5. The largest absolute Gasteiger partial charge is 0.545 e. The number of unbranched alkanes of at least 4 members (excludes halogenated alkanes) is 29. The van der Waals surface area contributed by atoms with Gasteiger partial charge in [-0.05, 0) is 116 Å². The van der Waals surface area contributed by atoms with Crippen LogP contribution in [0.5, 0.6) is 0 Å². The van der Waals surface area contributed by atoms with Crippen molar-refractivity contribution in [2.75, 3.05) is 47.5 Å². The average molecular weight is 1240 g/mol.